The van der Waals surface area contributed by atoms with E-state index in [0.29, 0.717) is 12.0 Å². The van der Waals surface area contributed by atoms with E-state index in [-0.39, 0.29) is 0 Å². The quantitative estimate of drug-likeness (QED) is 0.877. The molecular formula is C16H24N4S. The average Bonchev–Trinajstić information content (AvgIpc) is 2.88. The molecule has 1 aliphatic carbocycles. The molecule has 2 N–H and O–H groups in total. The number of nitrogens with one attached hydrogen (secondary N) is 2. The lowest BCUT2D eigenvalue weighted by Gasteiger charge is -2.32. The molecule has 0 aliphatic heterocycles. The first-order chi connectivity index (χ1) is 10.2. The van der Waals surface area contributed by atoms with Gasteiger partial charge in [-0.1, -0.05) is 26.2 Å². The maximum absolute atomic E-state index is 4.67. The largest absolute Gasteiger partial charge is 0.366 e. The Morgan fingerprint density at radius 1 is 1.29 bits per heavy atom. The second-order valence-corrected chi connectivity index (χ2v) is 7.16. The van der Waals surface area contributed by atoms with E-state index < -0.39 is 0 Å². The van der Waals surface area contributed by atoms with Crippen molar-refractivity contribution in [1.29, 1.82) is 0 Å². The number of aromatic nitrogens is 2. The summed E-state index contributed by atoms with van der Waals surface area (Å²) >= 11 is 1.73. The molecule has 0 aromatic carbocycles. The van der Waals surface area contributed by atoms with Gasteiger partial charge in [0, 0.05) is 18.0 Å². The van der Waals surface area contributed by atoms with E-state index in [1.54, 1.807) is 11.3 Å². The fraction of sp³-hybridized carbons (Fsp3) is 0.625. The SMILES string of the molecule is CCC1CCCCC1Nc1nc(NC)nc2sc(C)cc12. The van der Waals surface area contributed by atoms with Crippen molar-refractivity contribution in [1.82, 2.24) is 9.97 Å². The lowest BCUT2D eigenvalue weighted by molar-refractivity contribution is 0.317. The van der Waals surface area contributed by atoms with Crippen molar-refractivity contribution >= 4 is 33.3 Å². The van der Waals surface area contributed by atoms with Crippen LogP contribution < -0.4 is 10.6 Å². The monoisotopic (exact) mass is 304 g/mol. The summed E-state index contributed by atoms with van der Waals surface area (Å²) in [4.78, 5) is 11.6. The third kappa shape index (κ3) is 2.98. The van der Waals surface area contributed by atoms with Gasteiger partial charge < -0.3 is 10.6 Å². The molecule has 21 heavy (non-hydrogen) atoms. The van der Waals surface area contributed by atoms with E-state index in [0.717, 1.165) is 22.0 Å². The molecule has 0 spiro atoms. The molecule has 1 saturated carbocycles. The van der Waals surface area contributed by atoms with E-state index in [4.69, 9.17) is 0 Å². The topological polar surface area (TPSA) is 49.8 Å². The molecule has 2 atom stereocenters. The summed E-state index contributed by atoms with van der Waals surface area (Å²) in [7, 11) is 1.88. The molecule has 1 fully saturated rings. The van der Waals surface area contributed by atoms with Gasteiger partial charge in [0.05, 0.1) is 5.39 Å². The van der Waals surface area contributed by atoms with Gasteiger partial charge in [0.1, 0.15) is 10.6 Å². The minimum atomic E-state index is 0.548. The molecule has 114 valence electrons. The van der Waals surface area contributed by atoms with Gasteiger partial charge in [-0.15, -0.1) is 11.3 Å². The van der Waals surface area contributed by atoms with Crippen LogP contribution in [0.15, 0.2) is 6.07 Å². The zero-order valence-electron chi connectivity index (χ0n) is 13.1. The first kappa shape index (κ1) is 14.6. The molecule has 0 bridgehead atoms. The second-order valence-electron chi connectivity index (χ2n) is 5.93. The predicted molar refractivity (Wildman–Crippen MR) is 91.4 cm³/mol. The van der Waals surface area contributed by atoms with Crippen molar-refractivity contribution in [2.24, 2.45) is 5.92 Å². The summed E-state index contributed by atoms with van der Waals surface area (Å²) in [5, 5.41) is 7.97. The molecule has 3 rings (SSSR count). The first-order valence-corrected chi connectivity index (χ1v) is 8.75. The van der Waals surface area contributed by atoms with Gasteiger partial charge >= 0.3 is 0 Å². The van der Waals surface area contributed by atoms with Crippen LogP contribution in [0.25, 0.3) is 10.2 Å². The van der Waals surface area contributed by atoms with Crippen LogP contribution in [0, 0.1) is 12.8 Å². The van der Waals surface area contributed by atoms with Crippen molar-refractivity contribution in [2.75, 3.05) is 17.7 Å². The zero-order chi connectivity index (χ0) is 14.8. The van der Waals surface area contributed by atoms with Crippen LogP contribution in [0.4, 0.5) is 11.8 Å². The second kappa shape index (κ2) is 6.18. The molecule has 1 aliphatic rings. The maximum Gasteiger partial charge on any atom is 0.225 e. The lowest BCUT2D eigenvalue weighted by atomic mass is 9.83. The molecule has 4 nitrogen and oxygen atoms in total. The molecule has 2 aromatic rings. The maximum atomic E-state index is 4.67. The first-order valence-electron chi connectivity index (χ1n) is 7.93. The standard InChI is InChI=1S/C16H24N4S/c1-4-11-7-5-6-8-13(11)18-14-12-9-10(2)21-15(12)20-16(17-3)19-14/h9,11,13H,4-8H2,1-3H3,(H2,17,18,19,20). The van der Waals surface area contributed by atoms with Gasteiger partial charge in [-0.2, -0.15) is 4.98 Å². The molecule has 0 amide bonds. The van der Waals surface area contributed by atoms with Crippen LogP contribution in [-0.2, 0) is 0 Å². The predicted octanol–water partition coefficient (Wildman–Crippen LogP) is 4.42. The minimum absolute atomic E-state index is 0.548. The summed E-state index contributed by atoms with van der Waals surface area (Å²) in [6.07, 6.45) is 6.53. The number of fused-ring (bicyclic) bond motifs is 1. The molecular weight excluding hydrogens is 280 g/mol. The minimum Gasteiger partial charge on any atom is -0.366 e. The molecule has 2 unspecified atom stereocenters. The summed E-state index contributed by atoms with van der Waals surface area (Å²) in [5.41, 5.74) is 0. The highest BCUT2D eigenvalue weighted by Crippen LogP contribution is 2.33. The van der Waals surface area contributed by atoms with Gasteiger partial charge in [0.15, 0.2) is 0 Å². The molecule has 0 radical (unpaired) electrons. The normalized spacial score (nSPS) is 22.4. The van der Waals surface area contributed by atoms with Gasteiger partial charge in [-0.3, -0.25) is 0 Å². The van der Waals surface area contributed by atoms with E-state index in [9.17, 15) is 0 Å². The Labute approximate surface area is 130 Å². The number of anilines is 2. The van der Waals surface area contributed by atoms with Crippen molar-refractivity contribution in [3.05, 3.63) is 10.9 Å². The Morgan fingerprint density at radius 2 is 2.10 bits per heavy atom. The highest BCUT2D eigenvalue weighted by molar-refractivity contribution is 7.18. The smallest absolute Gasteiger partial charge is 0.225 e. The van der Waals surface area contributed by atoms with E-state index >= 15 is 0 Å². The van der Waals surface area contributed by atoms with E-state index in [2.05, 4.69) is 40.5 Å². The van der Waals surface area contributed by atoms with Crippen molar-refractivity contribution in [3.63, 3.8) is 0 Å². The third-order valence-electron chi connectivity index (χ3n) is 4.50. The van der Waals surface area contributed by atoms with E-state index in [1.807, 2.05) is 7.05 Å². The summed E-state index contributed by atoms with van der Waals surface area (Å²) in [5.74, 6) is 2.47. The molecule has 5 heteroatoms. The summed E-state index contributed by atoms with van der Waals surface area (Å²) in [6, 6.07) is 2.75. The van der Waals surface area contributed by atoms with Gasteiger partial charge in [0.2, 0.25) is 5.95 Å². The van der Waals surface area contributed by atoms with Crippen LogP contribution in [-0.4, -0.2) is 23.1 Å². The van der Waals surface area contributed by atoms with Crippen molar-refractivity contribution in [3.8, 4) is 0 Å². The summed E-state index contributed by atoms with van der Waals surface area (Å²) in [6.45, 7) is 4.43. The Hall–Kier alpha value is -1.36. The fourth-order valence-corrected chi connectivity index (χ4v) is 4.21. The Kier molecular flexibility index (Phi) is 4.29. The van der Waals surface area contributed by atoms with Crippen LogP contribution in [0.3, 0.4) is 0 Å². The van der Waals surface area contributed by atoms with Gasteiger partial charge in [0.25, 0.3) is 0 Å². The number of rotatable bonds is 4. The lowest BCUT2D eigenvalue weighted by Crippen LogP contribution is -2.32. The summed E-state index contributed by atoms with van der Waals surface area (Å²) < 4.78 is 0. The number of aryl methyl sites for hydroxylation is 1. The Balaban J connectivity index is 1.94. The highest BCUT2D eigenvalue weighted by Gasteiger charge is 2.24. The van der Waals surface area contributed by atoms with Crippen molar-refractivity contribution < 1.29 is 0 Å². The number of nitrogens with zero attached hydrogens (tertiary/aromatic N) is 2. The Morgan fingerprint density at radius 3 is 2.86 bits per heavy atom. The fourth-order valence-electron chi connectivity index (χ4n) is 3.33. The van der Waals surface area contributed by atoms with Crippen LogP contribution in [0.5, 0.6) is 0 Å². The van der Waals surface area contributed by atoms with E-state index in [1.165, 1.54) is 37.0 Å². The van der Waals surface area contributed by atoms with Crippen LogP contribution in [0.2, 0.25) is 0 Å². The Bertz CT molecular complexity index is 622. The number of hydrogen-bond acceptors (Lipinski definition) is 5. The number of thiophene rings is 1. The molecule has 0 saturated heterocycles. The average molecular weight is 304 g/mol. The third-order valence-corrected chi connectivity index (χ3v) is 5.44. The van der Waals surface area contributed by atoms with Gasteiger partial charge in [-0.25, -0.2) is 4.98 Å². The molecule has 2 heterocycles. The van der Waals surface area contributed by atoms with Crippen LogP contribution >= 0.6 is 11.3 Å². The van der Waals surface area contributed by atoms with Crippen LogP contribution in [0.1, 0.15) is 43.9 Å². The van der Waals surface area contributed by atoms with Crippen molar-refractivity contribution in [2.45, 2.75) is 52.0 Å². The zero-order valence-corrected chi connectivity index (χ0v) is 13.9. The van der Waals surface area contributed by atoms with Gasteiger partial charge in [-0.05, 0) is 31.7 Å². The number of hydrogen-bond donors (Lipinski definition) is 2. The highest BCUT2D eigenvalue weighted by atomic mass is 32.1. The molecule has 2 aromatic heterocycles.